The van der Waals surface area contributed by atoms with Gasteiger partial charge in [-0.15, -0.1) is 0 Å². The van der Waals surface area contributed by atoms with Gasteiger partial charge < -0.3 is 5.32 Å². The van der Waals surface area contributed by atoms with Crippen LogP contribution in [0.2, 0.25) is 0 Å². The van der Waals surface area contributed by atoms with Crippen molar-refractivity contribution >= 4 is 24.2 Å². The van der Waals surface area contributed by atoms with Crippen LogP contribution in [0.3, 0.4) is 0 Å². The highest BCUT2D eigenvalue weighted by molar-refractivity contribution is 7.80. The Kier molecular flexibility index (Phi) is 4.09. The van der Waals surface area contributed by atoms with Gasteiger partial charge in [-0.05, 0) is 29.6 Å². The lowest BCUT2D eigenvalue weighted by atomic mass is 10.1. The molecule has 1 aliphatic rings. The average Bonchev–Trinajstić information content (AvgIpc) is 3.17. The van der Waals surface area contributed by atoms with E-state index in [2.05, 4.69) is 17.9 Å². The number of thiol groups is 1. The molecule has 0 unspecified atom stereocenters. The molecule has 0 heterocycles. The number of carbonyl (C=O) groups excluding carboxylic acids is 1. The Morgan fingerprint density at radius 1 is 1.47 bits per heavy atom. The lowest BCUT2D eigenvalue weighted by molar-refractivity contribution is -0.384. The van der Waals surface area contributed by atoms with Crippen molar-refractivity contribution in [2.45, 2.75) is 25.8 Å². The van der Waals surface area contributed by atoms with Gasteiger partial charge in [0.05, 0.1) is 4.92 Å². The molecule has 0 aliphatic heterocycles. The highest BCUT2D eigenvalue weighted by atomic mass is 32.1. The number of rotatable bonds is 6. The molecule has 1 aromatic carbocycles. The Morgan fingerprint density at radius 2 is 2.21 bits per heavy atom. The molecule has 1 saturated carbocycles. The second-order valence-electron chi connectivity index (χ2n) is 5.04. The van der Waals surface area contributed by atoms with Gasteiger partial charge in [-0.2, -0.15) is 12.6 Å². The first-order chi connectivity index (χ1) is 9.04. The van der Waals surface area contributed by atoms with Crippen molar-refractivity contribution in [3.63, 3.8) is 0 Å². The summed E-state index contributed by atoms with van der Waals surface area (Å²) in [7, 11) is 0. The highest BCUT2D eigenvalue weighted by Gasteiger charge is 2.42. The van der Waals surface area contributed by atoms with Crippen LogP contribution in [0.4, 0.5) is 5.69 Å². The smallest absolute Gasteiger partial charge is 0.269 e. The first kappa shape index (κ1) is 13.9. The summed E-state index contributed by atoms with van der Waals surface area (Å²) in [5.74, 6) is 0.718. The molecule has 19 heavy (non-hydrogen) atoms. The summed E-state index contributed by atoms with van der Waals surface area (Å²) in [4.78, 5) is 22.0. The number of amides is 1. The standard InChI is InChI=1S/C13H16N2O3S/c16-12(7-13(9-19)4-5-13)14-8-10-2-1-3-11(6-10)15(17)18/h1-3,6,19H,4-5,7-9H2,(H,14,16). The van der Waals surface area contributed by atoms with Crippen LogP contribution in [0.15, 0.2) is 24.3 Å². The molecule has 102 valence electrons. The van der Waals surface area contributed by atoms with Crippen LogP contribution in [-0.2, 0) is 11.3 Å². The van der Waals surface area contributed by atoms with Gasteiger partial charge >= 0.3 is 0 Å². The first-order valence-electron chi connectivity index (χ1n) is 6.16. The molecule has 1 aromatic rings. The number of non-ortho nitro benzene ring substituents is 1. The van der Waals surface area contributed by atoms with E-state index in [1.165, 1.54) is 12.1 Å². The van der Waals surface area contributed by atoms with Crippen molar-refractivity contribution in [1.29, 1.82) is 0 Å². The molecule has 2 rings (SSSR count). The van der Waals surface area contributed by atoms with Gasteiger partial charge in [0.2, 0.25) is 5.91 Å². The van der Waals surface area contributed by atoms with E-state index in [1.54, 1.807) is 12.1 Å². The zero-order valence-corrected chi connectivity index (χ0v) is 11.4. The monoisotopic (exact) mass is 280 g/mol. The van der Waals surface area contributed by atoms with E-state index in [1.807, 2.05) is 0 Å². The average molecular weight is 280 g/mol. The number of benzene rings is 1. The third kappa shape index (κ3) is 3.70. The van der Waals surface area contributed by atoms with E-state index in [0.29, 0.717) is 13.0 Å². The summed E-state index contributed by atoms with van der Waals surface area (Å²) in [5, 5.41) is 13.4. The lowest BCUT2D eigenvalue weighted by Crippen LogP contribution is -2.26. The zero-order chi connectivity index (χ0) is 13.9. The van der Waals surface area contributed by atoms with E-state index in [-0.39, 0.29) is 17.0 Å². The fraction of sp³-hybridized carbons (Fsp3) is 0.462. The Bertz CT molecular complexity index is 500. The molecule has 0 radical (unpaired) electrons. The molecule has 0 spiro atoms. The van der Waals surface area contributed by atoms with Crippen molar-refractivity contribution in [1.82, 2.24) is 5.32 Å². The van der Waals surface area contributed by atoms with Gasteiger partial charge in [-0.3, -0.25) is 14.9 Å². The Morgan fingerprint density at radius 3 is 2.79 bits per heavy atom. The fourth-order valence-corrected chi connectivity index (χ4v) is 2.38. The minimum absolute atomic E-state index is 0.0157. The number of hydrogen-bond acceptors (Lipinski definition) is 4. The quantitative estimate of drug-likeness (QED) is 0.477. The SMILES string of the molecule is O=C(CC1(CS)CC1)NCc1cccc([N+](=O)[O-])c1. The Hall–Kier alpha value is -1.56. The minimum atomic E-state index is -0.439. The summed E-state index contributed by atoms with van der Waals surface area (Å²) < 4.78 is 0. The number of nitrogens with one attached hydrogen (secondary N) is 1. The maximum atomic E-state index is 11.8. The second kappa shape index (κ2) is 5.61. The molecular weight excluding hydrogens is 264 g/mol. The van der Waals surface area contributed by atoms with E-state index in [9.17, 15) is 14.9 Å². The summed E-state index contributed by atoms with van der Waals surface area (Å²) in [6, 6.07) is 6.30. The van der Waals surface area contributed by atoms with Crippen LogP contribution in [0, 0.1) is 15.5 Å². The highest BCUT2D eigenvalue weighted by Crippen LogP contribution is 2.49. The summed E-state index contributed by atoms with van der Waals surface area (Å²) in [6.07, 6.45) is 2.60. The Balaban J connectivity index is 1.86. The summed E-state index contributed by atoms with van der Waals surface area (Å²) in [6.45, 7) is 0.323. The summed E-state index contributed by atoms with van der Waals surface area (Å²) in [5.41, 5.74) is 0.870. The molecule has 1 fully saturated rings. The number of hydrogen-bond donors (Lipinski definition) is 2. The normalized spacial score (nSPS) is 15.8. The maximum Gasteiger partial charge on any atom is 0.269 e. The predicted molar refractivity (Wildman–Crippen MR) is 75.1 cm³/mol. The maximum absolute atomic E-state index is 11.8. The second-order valence-corrected chi connectivity index (χ2v) is 5.35. The number of nitrogens with zero attached hydrogens (tertiary/aromatic N) is 1. The van der Waals surface area contributed by atoms with Gasteiger partial charge in [0, 0.05) is 25.1 Å². The first-order valence-corrected chi connectivity index (χ1v) is 6.79. The predicted octanol–water partition coefficient (Wildman–Crippen LogP) is 2.31. The van der Waals surface area contributed by atoms with Crippen molar-refractivity contribution in [2.75, 3.05) is 5.75 Å². The molecule has 6 heteroatoms. The fourth-order valence-electron chi connectivity index (χ4n) is 1.95. The molecule has 1 aliphatic carbocycles. The third-order valence-corrected chi connectivity index (χ3v) is 4.11. The van der Waals surface area contributed by atoms with Crippen molar-refractivity contribution in [2.24, 2.45) is 5.41 Å². The lowest BCUT2D eigenvalue weighted by Gasteiger charge is -2.11. The van der Waals surface area contributed by atoms with Gasteiger partial charge in [0.25, 0.3) is 5.69 Å². The van der Waals surface area contributed by atoms with Crippen LogP contribution in [0.5, 0.6) is 0 Å². The Labute approximate surface area is 116 Å². The van der Waals surface area contributed by atoms with E-state index >= 15 is 0 Å². The molecule has 0 saturated heterocycles. The van der Waals surface area contributed by atoms with Crippen LogP contribution >= 0.6 is 12.6 Å². The van der Waals surface area contributed by atoms with E-state index in [0.717, 1.165) is 24.2 Å². The number of nitro groups is 1. The van der Waals surface area contributed by atoms with Gasteiger partial charge in [0.1, 0.15) is 0 Å². The molecular formula is C13H16N2O3S. The molecule has 0 atom stereocenters. The van der Waals surface area contributed by atoms with E-state index in [4.69, 9.17) is 0 Å². The van der Waals surface area contributed by atoms with Gasteiger partial charge in [0.15, 0.2) is 0 Å². The largest absolute Gasteiger partial charge is 0.352 e. The summed E-state index contributed by atoms with van der Waals surface area (Å²) >= 11 is 4.26. The van der Waals surface area contributed by atoms with E-state index < -0.39 is 4.92 Å². The molecule has 5 nitrogen and oxygen atoms in total. The van der Waals surface area contributed by atoms with Crippen LogP contribution in [0.1, 0.15) is 24.8 Å². The van der Waals surface area contributed by atoms with Gasteiger partial charge in [-0.25, -0.2) is 0 Å². The molecule has 1 amide bonds. The molecule has 0 aromatic heterocycles. The number of nitro benzene ring substituents is 1. The topological polar surface area (TPSA) is 72.2 Å². The minimum Gasteiger partial charge on any atom is -0.352 e. The van der Waals surface area contributed by atoms with Gasteiger partial charge in [-0.1, -0.05) is 12.1 Å². The van der Waals surface area contributed by atoms with Crippen LogP contribution in [0.25, 0.3) is 0 Å². The van der Waals surface area contributed by atoms with Crippen LogP contribution in [-0.4, -0.2) is 16.6 Å². The zero-order valence-electron chi connectivity index (χ0n) is 10.5. The molecule has 1 N–H and O–H groups in total. The van der Waals surface area contributed by atoms with Crippen molar-refractivity contribution < 1.29 is 9.72 Å². The molecule has 0 bridgehead atoms. The van der Waals surface area contributed by atoms with Crippen molar-refractivity contribution in [3.8, 4) is 0 Å². The third-order valence-electron chi connectivity index (χ3n) is 3.44. The van der Waals surface area contributed by atoms with Crippen LogP contribution < -0.4 is 5.32 Å². The van der Waals surface area contributed by atoms with Crippen molar-refractivity contribution in [3.05, 3.63) is 39.9 Å². The number of carbonyl (C=O) groups is 1.